The van der Waals surface area contributed by atoms with Gasteiger partial charge in [-0.3, -0.25) is 4.79 Å². The lowest BCUT2D eigenvalue weighted by Crippen LogP contribution is -2.67. The van der Waals surface area contributed by atoms with Crippen molar-refractivity contribution < 1.29 is 69.3 Å². The van der Waals surface area contributed by atoms with E-state index < -0.39 is 111 Å². The van der Waals surface area contributed by atoms with E-state index in [1.165, 1.54) is 21.0 Å². The smallest absolute Gasteiger partial charge is 0.217 e. The standard InChI is InChI=1S/C22H39NO14.C2H6/c1-7-14(27)19(32)15(28)10(34-7)4-9-20(17(30)12(6-25)35-21(9)33-3)37-22-13(23-8(2)26)18(31)16(29)11(5-24)36-22;1-2/h7,9-22,24-25,27-32H,4-6H2,1-3H3,(H,23,26);1-2H3/t7-,9-,10+,11-,12-,13-,14-,15-,16+,17+,18-,19-,20?,21-,22+;/m1./s1. The fraction of sp³-hybridized carbons (Fsp3) is 0.958. The van der Waals surface area contributed by atoms with Crippen LogP contribution in [0.3, 0.4) is 0 Å². The van der Waals surface area contributed by atoms with Crippen molar-refractivity contribution in [3.8, 4) is 0 Å². The predicted molar refractivity (Wildman–Crippen MR) is 131 cm³/mol. The Hall–Kier alpha value is -1.05. The fourth-order valence-electron chi connectivity index (χ4n) is 5.12. The zero-order chi connectivity index (χ0) is 29.6. The molecule has 9 N–H and O–H groups in total. The predicted octanol–water partition coefficient (Wildman–Crippen LogP) is -4.06. The van der Waals surface area contributed by atoms with Crippen molar-refractivity contribution in [2.45, 2.75) is 120 Å². The van der Waals surface area contributed by atoms with Gasteiger partial charge in [-0.2, -0.15) is 0 Å². The van der Waals surface area contributed by atoms with Gasteiger partial charge in [-0.25, -0.2) is 0 Å². The van der Waals surface area contributed by atoms with Crippen LogP contribution in [0.5, 0.6) is 0 Å². The van der Waals surface area contributed by atoms with E-state index in [1.807, 2.05) is 13.8 Å². The molecule has 3 saturated heterocycles. The van der Waals surface area contributed by atoms with Gasteiger partial charge in [0.15, 0.2) is 12.6 Å². The topological polar surface area (TPSA) is 237 Å². The number of rotatable bonds is 8. The number of aliphatic hydroxyl groups excluding tert-OH is 8. The molecule has 0 bridgehead atoms. The van der Waals surface area contributed by atoms with Gasteiger partial charge in [0, 0.05) is 20.0 Å². The van der Waals surface area contributed by atoms with Crippen LogP contribution in [0.15, 0.2) is 0 Å². The number of hydrogen-bond donors (Lipinski definition) is 9. The molecule has 0 aromatic rings. The summed E-state index contributed by atoms with van der Waals surface area (Å²) in [6.07, 6.45) is -17.4. The van der Waals surface area contributed by atoms with Crippen LogP contribution in [0, 0.1) is 5.92 Å². The highest BCUT2D eigenvalue weighted by molar-refractivity contribution is 5.73. The molecule has 3 heterocycles. The van der Waals surface area contributed by atoms with E-state index in [0.717, 1.165) is 0 Å². The monoisotopic (exact) mass is 571 g/mol. The van der Waals surface area contributed by atoms with Crippen molar-refractivity contribution in [1.29, 1.82) is 0 Å². The summed E-state index contributed by atoms with van der Waals surface area (Å²) in [5, 5.41) is 84.5. The van der Waals surface area contributed by atoms with Crippen molar-refractivity contribution in [1.82, 2.24) is 5.32 Å². The average Bonchev–Trinajstić information content (AvgIpc) is 2.92. The third-order valence-corrected chi connectivity index (χ3v) is 7.21. The molecule has 0 saturated carbocycles. The van der Waals surface area contributed by atoms with Crippen LogP contribution in [0.2, 0.25) is 0 Å². The number of nitrogens with one attached hydrogen (secondary N) is 1. The molecule has 1 amide bonds. The number of hydrogen-bond acceptors (Lipinski definition) is 14. The highest BCUT2D eigenvalue weighted by atomic mass is 16.7. The largest absolute Gasteiger partial charge is 0.394 e. The first-order valence-electron chi connectivity index (χ1n) is 13.2. The van der Waals surface area contributed by atoms with Crippen molar-refractivity contribution >= 4 is 5.91 Å². The van der Waals surface area contributed by atoms with Gasteiger partial charge in [-0.1, -0.05) is 13.8 Å². The van der Waals surface area contributed by atoms with Gasteiger partial charge in [0.05, 0.1) is 31.5 Å². The van der Waals surface area contributed by atoms with Crippen LogP contribution < -0.4 is 5.32 Å². The van der Waals surface area contributed by atoms with Crippen molar-refractivity contribution in [3.63, 3.8) is 0 Å². The van der Waals surface area contributed by atoms with Crippen molar-refractivity contribution in [2.75, 3.05) is 20.3 Å². The highest BCUT2D eigenvalue weighted by Crippen LogP contribution is 2.37. The molecule has 3 rings (SSSR count). The van der Waals surface area contributed by atoms with Crippen molar-refractivity contribution in [3.05, 3.63) is 0 Å². The Kier molecular flexibility index (Phi) is 13.4. The van der Waals surface area contributed by atoms with E-state index in [4.69, 9.17) is 23.7 Å². The molecule has 3 aliphatic rings. The lowest BCUT2D eigenvalue weighted by molar-refractivity contribution is -0.340. The molecule has 0 aliphatic carbocycles. The third-order valence-electron chi connectivity index (χ3n) is 7.21. The van der Waals surface area contributed by atoms with Crippen LogP contribution in [0.4, 0.5) is 0 Å². The second-order valence-electron chi connectivity index (χ2n) is 9.74. The van der Waals surface area contributed by atoms with E-state index in [1.54, 1.807) is 0 Å². The van der Waals surface area contributed by atoms with Crippen LogP contribution in [-0.4, -0.2) is 153 Å². The molecule has 3 fully saturated rings. The van der Waals surface area contributed by atoms with Crippen LogP contribution in [-0.2, 0) is 28.5 Å². The Morgan fingerprint density at radius 1 is 0.769 bits per heavy atom. The summed E-state index contributed by atoms with van der Waals surface area (Å²) < 4.78 is 28.4. The summed E-state index contributed by atoms with van der Waals surface area (Å²) in [5.41, 5.74) is 0. The average molecular weight is 572 g/mol. The highest BCUT2D eigenvalue weighted by Gasteiger charge is 2.53. The van der Waals surface area contributed by atoms with Gasteiger partial charge >= 0.3 is 0 Å². The number of aliphatic hydroxyl groups is 8. The summed E-state index contributed by atoms with van der Waals surface area (Å²) in [6, 6.07) is -1.31. The second kappa shape index (κ2) is 15.3. The summed E-state index contributed by atoms with van der Waals surface area (Å²) in [7, 11) is 1.30. The molecule has 230 valence electrons. The lowest BCUT2D eigenvalue weighted by atomic mass is 9.83. The molecule has 0 spiro atoms. The molecular weight excluding hydrogens is 526 g/mol. The number of amides is 1. The van der Waals surface area contributed by atoms with Gasteiger partial charge in [-0.15, -0.1) is 0 Å². The van der Waals surface area contributed by atoms with Gasteiger partial charge in [0.25, 0.3) is 0 Å². The Labute approximate surface area is 227 Å². The van der Waals surface area contributed by atoms with Crippen LogP contribution in [0.1, 0.15) is 34.1 Å². The van der Waals surface area contributed by atoms with E-state index in [9.17, 15) is 45.6 Å². The number of carbonyl (C=O) groups is 1. The minimum atomic E-state index is -1.61. The van der Waals surface area contributed by atoms with Crippen molar-refractivity contribution in [2.24, 2.45) is 5.92 Å². The van der Waals surface area contributed by atoms with Gasteiger partial charge in [-0.05, 0) is 13.3 Å². The third kappa shape index (κ3) is 7.62. The summed E-state index contributed by atoms with van der Waals surface area (Å²) in [5.74, 6) is -1.52. The minimum Gasteiger partial charge on any atom is -0.394 e. The van der Waals surface area contributed by atoms with E-state index in [0.29, 0.717) is 0 Å². The van der Waals surface area contributed by atoms with E-state index in [2.05, 4.69) is 5.32 Å². The normalized spacial score (nSPS) is 46.6. The van der Waals surface area contributed by atoms with E-state index in [-0.39, 0.29) is 6.42 Å². The molecule has 1 unspecified atom stereocenters. The summed E-state index contributed by atoms with van der Waals surface area (Å²) in [4.78, 5) is 11.8. The molecule has 0 aromatic heterocycles. The molecule has 39 heavy (non-hydrogen) atoms. The summed E-state index contributed by atoms with van der Waals surface area (Å²) in [6.45, 7) is 5.37. The van der Waals surface area contributed by atoms with Crippen LogP contribution in [0.25, 0.3) is 0 Å². The molecule has 15 atom stereocenters. The molecule has 15 heteroatoms. The molecule has 0 aromatic carbocycles. The first kappa shape index (κ1) is 34.2. The SMILES string of the molecule is CC.CO[C@@H]1O[C@H](CO)[C@H](O)C(O[C@@H]2O[C@H](CO)[C@H](O)[C@H](O)[C@H]2NC(C)=O)[C@H]1C[C@@H]1O[C@H](C)[C@@H](O)[C@@H](O)[C@@H]1O. The zero-order valence-corrected chi connectivity index (χ0v) is 22.8. The second-order valence-corrected chi connectivity index (χ2v) is 9.74. The molecule has 3 aliphatic heterocycles. The number of methoxy groups -OCH3 is 1. The van der Waals surface area contributed by atoms with Gasteiger partial charge in [0.2, 0.25) is 5.91 Å². The Bertz CT molecular complexity index is 748. The number of ether oxygens (including phenoxy) is 5. The Balaban J connectivity index is 0.00000260. The van der Waals surface area contributed by atoms with E-state index >= 15 is 0 Å². The maximum atomic E-state index is 11.8. The molecular formula is C24H45NO14. The lowest BCUT2D eigenvalue weighted by Gasteiger charge is -2.49. The first-order chi connectivity index (χ1) is 18.4. The minimum absolute atomic E-state index is 0.125. The maximum absolute atomic E-state index is 11.8. The van der Waals surface area contributed by atoms with Gasteiger partial charge in [0.1, 0.15) is 54.9 Å². The fourth-order valence-corrected chi connectivity index (χ4v) is 5.12. The first-order valence-corrected chi connectivity index (χ1v) is 13.2. The molecule has 15 nitrogen and oxygen atoms in total. The molecule has 0 radical (unpaired) electrons. The quantitative estimate of drug-likeness (QED) is 0.135. The maximum Gasteiger partial charge on any atom is 0.217 e. The zero-order valence-electron chi connectivity index (χ0n) is 22.8. The van der Waals surface area contributed by atoms with Crippen LogP contribution >= 0.6 is 0 Å². The Morgan fingerprint density at radius 3 is 1.85 bits per heavy atom. The van der Waals surface area contributed by atoms with Gasteiger partial charge < -0.3 is 69.9 Å². The Morgan fingerprint density at radius 2 is 1.31 bits per heavy atom. The summed E-state index contributed by atoms with van der Waals surface area (Å²) >= 11 is 0. The number of carbonyl (C=O) groups excluding carboxylic acids is 1.